The topological polar surface area (TPSA) is 60.7 Å². The predicted octanol–water partition coefficient (Wildman–Crippen LogP) is 7.20. The van der Waals surface area contributed by atoms with Gasteiger partial charge in [-0.15, -0.1) is 0 Å². The molecule has 5 rings (SSSR count). The van der Waals surface area contributed by atoms with E-state index in [1.165, 1.54) is 39.0 Å². The van der Waals surface area contributed by atoms with Crippen molar-refractivity contribution < 1.29 is 14.4 Å². The highest BCUT2D eigenvalue weighted by atomic mass is 16.7. The molecule has 1 fully saturated rings. The monoisotopic (exact) mass is 480 g/mol. The molecule has 0 unspecified atom stereocenters. The van der Waals surface area contributed by atoms with Crippen LogP contribution in [0.4, 0.5) is 0 Å². The Kier molecular flexibility index (Phi) is 6.73. The maximum absolute atomic E-state index is 13.4. The lowest BCUT2D eigenvalue weighted by molar-refractivity contribution is -0.140. The van der Waals surface area contributed by atoms with Crippen LogP contribution in [0, 0.1) is 12.8 Å². The Bertz CT molecular complexity index is 1490. The van der Waals surface area contributed by atoms with Gasteiger partial charge in [-0.3, -0.25) is 4.79 Å². The maximum atomic E-state index is 13.4. The molecule has 0 atom stereocenters. The first kappa shape index (κ1) is 24.0. The number of hydrogen-bond donors (Lipinski definition) is 0. The standard InChI is InChI=1S/C31H32N2O3/c1-20-9-7-8-12-26(20)31(35)25-14-16-30-28(18-25)27-17-24(21(2)32-36-22(3)34)13-15-29(27)33(30)19-23-10-5-4-6-11-23/h7-9,12-18,23H,4-6,10-11,19H2,1-3H3/b32-21+. The average molecular weight is 481 g/mol. The van der Waals surface area contributed by atoms with E-state index >= 15 is 0 Å². The molecular weight excluding hydrogens is 448 g/mol. The summed E-state index contributed by atoms with van der Waals surface area (Å²) in [7, 11) is 0. The summed E-state index contributed by atoms with van der Waals surface area (Å²) < 4.78 is 2.42. The highest BCUT2D eigenvalue weighted by molar-refractivity contribution is 6.16. The zero-order chi connectivity index (χ0) is 25.2. The Hall–Kier alpha value is -3.73. The number of aromatic nitrogens is 1. The molecule has 3 aromatic carbocycles. The van der Waals surface area contributed by atoms with E-state index in [1.54, 1.807) is 0 Å². The van der Waals surface area contributed by atoms with Gasteiger partial charge < -0.3 is 9.40 Å². The molecule has 0 radical (unpaired) electrons. The van der Waals surface area contributed by atoms with Crippen molar-refractivity contribution in [1.29, 1.82) is 0 Å². The molecule has 1 saturated carbocycles. The molecule has 5 heteroatoms. The molecule has 0 bridgehead atoms. The van der Waals surface area contributed by atoms with Crippen LogP contribution >= 0.6 is 0 Å². The molecule has 0 saturated heterocycles. The molecule has 1 heterocycles. The quantitative estimate of drug-likeness (QED) is 0.127. The summed E-state index contributed by atoms with van der Waals surface area (Å²) in [6.45, 7) is 6.12. The molecule has 0 N–H and O–H groups in total. The van der Waals surface area contributed by atoms with Gasteiger partial charge in [0, 0.05) is 46.4 Å². The molecule has 0 spiro atoms. The minimum atomic E-state index is -0.445. The number of oxime groups is 1. The van der Waals surface area contributed by atoms with Crippen molar-refractivity contribution in [3.63, 3.8) is 0 Å². The van der Waals surface area contributed by atoms with E-state index < -0.39 is 5.97 Å². The first-order valence-corrected chi connectivity index (χ1v) is 12.8. The number of nitrogens with zero attached hydrogens (tertiary/aromatic N) is 2. The largest absolute Gasteiger partial charge is 0.340 e. The molecule has 1 aliphatic rings. The fourth-order valence-electron chi connectivity index (χ4n) is 5.46. The summed E-state index contributed by atoms with van der Waals surface area (Å²) in [5, 5.41) is 6.12. The van der Waals surface area contributed by atoms with Crippen LogP contribution in [0.5, 0.6) is 0 Å². The SMILES string of the molecule is CC(=O)O/N=C(\C)c1ccc2c(c1)c1cc(C(=O)c3ccccc3C)ccc1n2CC1CCCCC1. The number of carbonyl (C=O) groups excluding carboxylic acids is 2. The summed E-state index contributed by atoms with van der Waals surface area (Å²) in [4.78, 5) is 29.5. The van der Waals surface area contributed by atoms with Crippen molar-refractivity contribution in [1.82, 2.24) is 4.57 Å². The number of fused-ring (bicyclic) bond motifs is 3. The Morgan fingerprint density at radius 2 is 1.53 bits per heavy atom. The fraction of sp³-hybridized carbons (Fsp3) is 0.323. The highest BCUT2D eigenvalue weighted by Crippen LogP contribution is 2.34. The van der Waals surface area contributed by atoms with E-state index in [-0.39, 0.29) is 5.78 Å². The Balaban J connectivity index is 1.65. The second-order valence-electron chi connectivity index (χ2n) is 9.98. The Morgan fingerprint density at radius 3 is 2.19 bits per heavy atom. The Morgan fingerprint density at radius 1 is 0.889 bits per heavy atom. The van der Waals surface area contributed by atoms with Crippen LogP contribution in [0.15, 0.2) is 65.8 Å². The highest BCUT2D eigenvalue weighted by Gasteiger charge is 2.20. The third-order valence-corrected chi connectivity index (χ3v) is 7.41. The van der Waals surface area contributed by atoms with Gasteiger partial charge in [0.25, 0.3) is 0 Å². The second-order valence-corrected chi connectivity index (χ2v) is 9.98. The van der Waals surface area contributed by atoms with Gasteiger partial charge in [-0.1, -0.05) is 54.8 Å². The van der Waals surface area contributed by atoms with Crippen LogP contribution in [0.1, 0.15) is 73.0 Å². The number of benzene rings is 3. The summed E-state index contributed by atoms with van der Waals surface area (Å²) in [6, 6.07) is 20.1. The van der Waals surface area contributed by atoms with Gasteiger partial charge in [-0.25, -0.2) is 4.79 Å². The molecule has 184 valence electrons. The number of aryl methyl sites for hydroxylation is 1. The zero-order valence-corrected chi connectivity index (χ0v) is 21.2. The van der Waals surface area contributed by atoms with Crippen molar-refractivity contribution in [3.8, 4) is 0 Å². The summed E-state index contributed by atoms with van der Waals surface area (Å²) >= 11 is 0. The molecule has 4 aromatic rings. The smallest absolute Gasteiger partial charge is 0.331 e. The second kappa shape index (κ2) is 10.1. The van der Waals surface area contributed by atoms with E-state index in [0.717, 1.165) is 45.0 Å². The van der Waals surface area contributed by atoms with E-state index in [9.17, 15) is 9.59 Å². The van der Waals surface area contributed by atoms with Gasteiger partial charge in [0.05, 0.1) is 5.71 Å². The molecule has 36 heavy (non-hydrogen) atoms. The molecular formula is C31H32N2O3. The number of hydrogen-bond acceptors (Lipinski definition) is 4. The van der Waals surface area contributed by atoms with Crippen molar-refractivity contribution in [2.75, 3.05) is 0 Å². The third kappa shape index (κ3) is 4.70. The van der Waals surface area contributed by atoms with Gasteiger partial charge in [-0.2, -0.15) is 0 Å². The lowest BCUT2D eigenvalue weighted by Gasteiger charge is -2.23. The minimum Gasteiger partial charge on any atom is -0.340 e. The summed E-state index contributed by atoms with van der Waals surface area (Å²) in [5.41, 5.74) is 6.20. The van der Waals surface area contributed by atoms with E-state index in [1.807, 2.05) is 56.3 Å². The zero-order valence-electron chi connectivity index (χ0n) is 21.2. The van der Waals surface area contributed by atoms with Crippen LogP contribution in [-0.4, -0.2) is 22.0 Å². The van der Waals surface area contributed by atoms with Crippen molar-refractivity contribution in [2.24, 2.45) is 11.1 Å². The lowest BCUT2D eigenvalue weighted by Crippen LogP contribution is -2.14. The van der Waals surface area contributed by atoms with Crippen LogP contribution in [0.25, 0.3) is 21.8 Å². The van der Waals surface area contributed by atoms with Crippen LogP contribution in [0.3, 0.4) is 0 Å². The number of ketones is 1. The summed E-state index contributed by atoms with van der Waals surface area (Å²) in [6.07, 6.45) is 6.45. The van der Waals surface area contributed by atoms with Gasteiger partial charge in [0.1, 0.15) is 0 Å². The van der Waals surface area contributed by atoms with E-state index in [4.69, 9.17) is 4.84 Å². The van der Waals surface area contributed by atoms with E-state index in [0.29, 0.717) is 17.2 Å². The van der Waals surface area contributed by atoms with Gasteiger partial charge in [0.15, 0.2) is 5.78 Å². The minimum absolute atomic E-state index is 0.0342. The van der Waals surface area contributed by atoms with Crippen LogP contribution < -0.4 is 0 Å². The average Bonchev–Trinajstić information content (AvgIpc) is 3.20. The molecule has 1 aromatic heterocycles. The van der Waals surface area contributed by atoms with Crippen LogP contribution in [-0.2, 0) is 16.2 Å². The van der Waals surface area contributed by atoms with Crippen molar-refractivity contribution in [3.05, 3.63) is 82.9 Å². The van der Waals surface area contributed by atoms with E-state index in [2.05, 4.69) is 27.9 Å². The predicted molar refractivity (Wildman–Crippen MR) is 145 cm³/mol. The first-order chi connectivity index (χ1) is 17.4. The van der Waals surface area contributed by atoms with Gasteiger partial charge >= 0.3 is 5.97 Å². The fourth-order valence-corrected chi connectivity index (χ4v) is 5.46. The molecule has 5 nitrogen and oxygen atoms in total. The third-order valence-electron chi connectivity index (χ3n) is 7.41. The molecule has 0 amide bonds. The van der Waals surface area contributed by atoms with Crippen molar-refractivity contribution >= 4 is 39.3 Å². The Labute approximate surface area is 211 Å². The van der Waals surface area contributed by atoms with Crippen LogP contribution in [0.2, 0.25) is 0 Å². The first-order valence-electron chi connectivity index (χ1n) is 12.8. The van der Waals surface area contributed by atoms with Gasteiger partial charge in [-0.05, 0) is 74.1 Å². The van der Waals surface area contributed by atoms with Gasteiger partial charge in [0.2, 0.25) is 0 Å². The van der Waals surface area contributed by atoms with Crippen molar-refractivity contribution in [2.45, 2.75) is 59.4 Å². The molecule has 1 aliphatic carbocycles. The lowest BCUT2D eigenvalue weighted by atomic mass is 9.89. The number of carbonyl (C=O) groups is 2. The summed E-state index contributed by atoms with van der Waals surface area (Å²) in [5.74, 6) is 0.253. The molecule has 0 aliphatic heterocycles. The normalized spacial score (nSPS) is 14.9. The number of rotatable bonds is 6. The maximum Gasteiger partial charge on any atom is 0.331 e.